The summed E-state index contributed by atoms with van der Waals surface area (Å²) in [6.07, 6.45) is -3.68. The summed E-state index contributed by atoms with van der Waals surface area (Å²) in [5.41, 5.74) is -0.499. The van der Waals surface area contributed by atoms with Crippen molar-refractivity contribution in [3.63, 3.8) is 0 Å². The molecule has 0 fully saturated rings. The molecule has 2 rings (SSSR count). The van der Waals surface area contributed by atoms with Gasteiger partial charge in [-0.3, -0.25) is 9.78 Å². The van der Waals surface area contributed by atoms with Gasteiger partial charge in [-0.05, 0) is 12.1 Å². The average molecular weight is 370 g/mol. The van der Waals surface area contributed by atoms with Gasteiger partial charge in [0.25, 0.3) is 5.91 Å². The zero-order chi connectivity index (χ0) is 19.3. The summed E-state index contributed by atoms with van der Waals surface area (Å²) in [4.78, 5) is 15.4. The lowest BCUT2D eigenvalue weighted by Crippen LogP contribution is -2.24. The monoisotopic (exact) mass is 370 g/mol. The third kappa shape index (κ3) is 4.35. The van der Waals surface area contributed by atoms with Gasteiger partial charge < -0.3 is 19.5 Å². The molecule has 26 heavy (non-hydrogen) atoms. The fourth-order valence-electron chi connectivity index (χ4n) is 2.22. The normalized spacial score (nSPS) is 11.0. The van der Waals surface area contributed by atoms with E-state index in [9.17, 15) is 18.0 Å². The number of carbonyl (C=O) groups excluding carboxylic acids is 1. The van der Waals surface area contributed by atoms with E-state index in [1.165, 1.54) is 21.3 Å². The lowest BCUT2D eigenvalue weighted by atomic mass is 10.1. The van der Waals surface area contributed by atoms with Crippen LogP contribution in [-0.2, 0) is 12.7 Å². The predicted octanol–water partition coefficient (Wildman–Crippen LogP) is 3.06. The van der Waals surface area contributed by atoms with Crippen molar-refractivity contribution < 1.29 is 32.2 Å². The standard InChI is InChI=1S/C17H17F3N2O4/c1-24-11-6-13(25-2)12(14(7-11)26-3)9-22-16(23)10-4-5-15(21-8-10)17(18,19)20/h4-8H,9H2,1-3H3,(H,22,23). The van der Waals surface area contributed by atoms with E-state index >= 15 is 0 Å². The quantitative estimate of drug-likeness (QED) is 0.846. The molecule has 1 amide bonds. The molecule has 0 atom stereocenters. The minimum Gasteiger partial charge on any atom is -0.496 e. The highest BCUT2D eigenvalue weighted by molar-refractivity contribution is 5.93. The van der Waals surface area contributed by atoms with Crippen molar-refractivity contribution in [2.45, 2.75) is 12.7 Å². The number of nitrogens with one attached hydrogen (secondary N) is 1. The fraction of sp³-hybridized carbons (Fsp3) is 0.294. The van der Waals surface area contributed by atoms with Gasteiger partial charge in [0, 0.05) is 18.3 Å². The first kappa shape index (κ1) is 19.4. The van der Waals surface area contributed by atoms with Crippen LogP contribution in [-0.4, -0.2) is 32.2 Å². The van der Waals surface area contributed by atoms with Gasteiger partial charge in [-0.2, -0.15) is 13.2 Å². The number of methoxy groups -OCH3 is 3. The maximum absolute atomic E-state index is 12.5. The Morgan fingerprint density at radius 2 is 1.69 bits per heavy atom. The smallest absolute Gasteiger partial charge is 0.433 e. The van der Waals surface area contributed by atoms with E-state index in [1.54, 1.807) is 12.1 Å². The first-order valence-corrected chi connectivity index (χ1v) is 7.40. The molecule has 6 nitrogen and oxygen atoms in total. The minimum atomic E-state index is -4.56. The van der Waals surface area contributed by atoms with Crippen LogP contribution in [0.3, 0.4) is 0 Å². The Bertz CT molecular complexity index is 752. The number of benzene rings is 1. The molecule has 0 aliphatic carbocycles. The maximum Gasteiger partial charge on any atom is 0.433 e. The molecule has 0 spiro atoms. The topological polar surface area (TPSA) is 69.7 Å². The van der Waals surface area contributed by atoms with E-state index in [0.717, 1.165) is 18.3 Å². The Labute approximate surface area is 147 Å². The molecule has 0 saturated carbocycles. The number of ether oxygens (including phenoxy) is 3. The third-order valence-corrected chi connectivity index (χ3v) is 3.56. The minimum absolute atomic E-state index is 0.00412. The number of alkyl halides is 3. The average Bonchev–Trinajstić information content (AvgIpc) is 2.64. The van der Waals surface area contributed by atoms with E-state index in [0.29, 0.717) is 22.8 Å². The highest BCUT2D eigenvalue weighted by Gasteiger charge is 2.32. The van der Waals surface area contributed by atoms with Crippen molar-refractivity contribution in [2.75, 3.05) is 21.3 Å². The summed E-state index contributed by atoms with van der Waals surface area (Å²) in [7, 11) is 4.41. The van der Waals surface area contributed by atoms with Gasteiger partial charge in [-0.15, -0.1) is 0 Å². The Balaban J connectivity index is 2.16. The first-order chi connectivity index (χ1) is 12.3. The number of halogens is 3. The lowest BCUT2D eigenvalue weighted by Gasteiger charge is -2.15. The maximum atomic E-state index is 12.5. The molecule has 1 heterocycles. The van der Waals surface area contributed by atoms with Crippen molar-refractivity contribution >= 4 is 5.91 Å². The van der Waals surface area contributed by atoms with Gasteiger partial charge in [0.2, 0.25) is 0 Å². The number of rotatable bonds is 6. The zero-order valence-electron chi connectivity index (χ0n) is 14.3. The number of carbonyl (C=O) groups is 1. The van der Waals surface area contributed by atoms with E-state index in [-0.39, 0.29) is 12.1 Å². The van der Waals surface area contributed by atoms with Crippen LogP contribution in [0.5, 0.6) is 17.2 Å². The Hall–Kier alpha value is -2.97. The van der Waals surface area contributed by atoms with Crippen molar-refractivity contribution in [1.29, 1.82) is 0 Å². The summed E-state index contributed by atoms with van der Waals surface area (Å²) in [6, 6.07) is 5.07. The van der Waals surface area contributed by atoms with Gasteiger partial charge >= 0.3 is 6.18 Å². The second-order valence-corrected chi connectivity index (χ2v) is 5.12. The number of hydrogen-bond donors (Lipinski definition) is 1. The molecule has 0 aliphatic heterocycles. The molecule has 140 valence electrons. The Kier molecular flexibility index (Phi) is 5.91. The number of nitrogens with zero attached hydrogens (tertiary/aromatic N) is 1. The SMILES string of the molecule is COc1cc(OC)c(CNC(=O)c2ccc(C(F)(F)F)nc2)c(OC)c1. The number of aromatic nitrogens is 1. The predicted molar refractivity (Wildman–Crippen MR) is 86.5 cm³/mol. The molecule has 1 aromatic heterocycles. The first-order valence-electron chi connectivity index (χ1n) is 7.40. The van der Waals surface area contributed by atoms with Crippen molar-refractivity contribution in [1.82, 2.24) is 10.3 Å². The molecule has 1 aromatic carbocycles. The van der Waals surface area contributed by atoms with Crippen molar-refractivity contribution in [3.8, 4) is 17.2 Å². The molecule has 0 unspecified atom stereocenters. The van der Waals surface area contributed by atoms with Crippen LogP contribution in [0.1, 0.15) is 21.6 Å². The molecular formula is C17H17F3N2O4. The number of pyridine rings is 1. The van der Waals surface area contributed by atoms with Gasteiger partial charge in [-0.1, -0.05) is 0 Å². The van der Waals surface area contributed by atoms with Crippen LogP contribution >= 0.6 is 0 Å². The Morgan fingerprint density at radius 1 is 1.08 bits per heavy atom. The summed E-state index contributed by atoms with van der Waals surface area (Å²) in [5.74, 6) is 0.811. The van der Waals surface area contributed by atoms with Crippen LogP contribution in [0.25, 0.3) is 0 Å². The molecule has 9 heteroatoms. The number of amides is 1. The second-order valence-electron chi connectivity index (χ2n) is 5.12. The highest BCUT2D eigenvalue weighted by Crippen LogP contribution is 2.34. The molecule has 2 aromatic rings. The van der Waals surface area contributed by atoms with Gasteiger partial charge in [0.15, 0.2) is 0 Å². The zero-order valence-corrected chi connectivity index (χ0v) is 14.3. The van der Waals surface area contributed by atoms with Crippen LogP contribution in [0.15, 0.2) is 30.5 Å². The fourth-order valence-corrected chi connectivity index (χ4v) is 2.22. The molecule has 0 aliphatic rings. The number of hydrogen-bond acceptors (Lipinski definition) is 5. The van der Waals surface area contributed by atoms with Crippen LogP contribution in [0, 0.1) is 0 Å². The summed E-state index contributed by atoms with van der Waals surface area (Å²) < 4.78 is 53.2. The molecule has 0 radical (unpaired) electrons. The van der Waals surface area contributed by atoms with Gasteiger partial charge in [-0.25, -0.2) is 0 Å². The van der Waals surface area contributed by atoms with E-state index in [4.69, 9.17) is 14.2 Å². The van der Waals surface area contributed by atoms with Crippen LogP contribution in [0.2, 0.25) is 0 Å². The second kappa shape index (κ2) is 7.94. The molecular weight excluding hydrogens is 353 g/mol. The van der Waals surface area contributed by atoms with Gasteiger partial charge in [0.05, 0.1) is 39.0 Å². The van der Waals surface area contributed by atoms with E-state index < -0.39 is 17.8 Å². The summed E-state index contributed by atoms with van der Waals surface area (Å²) >= 11 is 0. The van der Waals surface area contributed by atoms with Gasteiger partial charge in [0.1, 0.15) is 22.9 Å². The largest absolute Gasteiger partial charge is 0.496 e. The van der Waals surface area contributed by atoms with E-state index in [1.807, 2.05) is 0 Å². The van der Waals surface area contributed by atoms with Crippen molar-refractivity contribution in [3.05, 3.63) is 47.3 Å². The molecule has 0 saturated heterocycles. The molecule has 0 bridgehead atoms. The highest BCUT2D eigenvalue weighted by atomic mass is 19.4. The van der Waals surface area contributed by atoms with Crippen molar-refractivity contribution in [2.24, 2.45) is 0 Å². The lowest BCUT2D eigenvalue weighted by molar-refractivity contribution is -0.141. The Morgan fingerprint density at radius 3 is 2.12 bits per heavy atom. The third-order valence-electron chi connectivity index (χ3n) is 3.56. The van der Waals surface area contributed by atoms with Crippen LogP contribution < -0.4 is 19.5 Å². The van der Waals surface area contributed by atoms with Crippen LogP contribution in [0.4, 0.5) is 13.2 Å². The summed E-state index contributed by atoms with van der Waals surface area (Å²) in [5, 5.41) is 2.60. The summed E-state index contributed by atoms with van der Waals surface area (Å²) in [6.45, 7) is 0.0379. The van der Waals surface area contributed by atoms with E-state index in [2.05, 4.69) is 10.3 Å². The molecule has 1 N–H and O–H groups in total.